The highest BCUT2D eigenvalue weighted by atomic mass is 32.2. The van der Waals surface area contributed by atoms with E-state index in [1.807, 2.05) is 29.8 Å². The zero-order chi connectivity index (χ0) is 23.4. The van der Waals surface area contributed by atoms with Gasteiger partial charge in [0, 0.05) is 44.5 Å². The van der Waals surface area contributed by atoms with Gasteiger partial charge in [0.25, 0.3) is 0 Å². The molecule has 1 aromatic carbocycles. The summed E-state index contributed by atoms with van der Waals surface area (Å²) in [6.45, 7) is 10.4. The van der Waals surface area contributed by atoms with Crippen LogP contribution in [0.25, 0.3) is 5.69 Å². The van der Waals surface area contributed by atoms with Gasteiger partial charge in [-0.1, -0.05) is 30.0 Å². The molecule has 1 aliphatic heterocycles. The van der Waals surface area contributed by atoms with Crippen LogP contribution in [0.4, 0.5) is 5.82 Å². The average molecular weight is 466 g/mol. The summed E-state index contributed by atoms with van der Waals surface area (Å²) in [6, 6.07) is 10.3. The fourth-order valence-corrected chi connectivity index (χ4v) is 4.74. The van der Waals surface area contributed by atoms with E-state index in [-0.39, 0.29) is 11.7 Å². The van der Waals surface area contributed by atoms with Gasteiger partial charge < -0.3 is 15.1 Å². The molecule has 1 N–H and O–H groups in total. The summed E-state index contributed by atoms with van der Waals surface area (Å²) in [5.41, 5.74) is 4.40. The Kier molecular flexibility index (Phi) is 7.29. The predicted octanol–water partition coefficient (Wildman–Crippen LogP) is 2.75. The lowest BCUT2D eigenvalue weighted by molar-refractivity contribution is -0.118. The summed E-state index contributed by atoms with van der Waals surface area (Å²) in [4.78, 5) is 21.9. The second kappa shape index (κ2) is 10.4. The first kappa shape index (κ1) is 23.3. The number of nitrogens with zero attached hydrogens (tertiary/aromatic N) is 6. The number of thioether (sulfide) groups is 1. The number of aryl methyl sites for hydroxylation is 3. The molecule has 33 heavy (non-hydrogen) atoms. The Balaban J connectivity index is 1.39. The van der Waals surface area contributed by atoms with Crippen molar-refractivity contribution < 1.29 is 4.79 Å². The molecule has 4 rings (SSSR count). The van der Waals surface area contributed by atoms with Crippen LogP contribution in [0, 0.1) is 20.8 Å². The highest BCUT2D eigenvalue weighted by Crippen LogP contribution is 2.25. The van der Waals surface area contributed by atoms with Crippen LogP contribution in [0.1, 0.15) is 22.5 Å². The van der Waals surface area contributed by atoms with Crippen molar-refractivity contribution in [1.29, 1.82) is 0 Å². The number of carbonyl (C=O) groups excluding carboxylic acids is 1. The molecule has 2 aromatic heterocycles. The van der Waals surface area contributed by atoms with Crippen LogP contribution in [-0.4, -0.2) is 69.5 Å². The fraction of sp³-hybridized carbons (Fsp3) is 0.417. The van der Waals surface area contributed by atoms with Gasteiger partial charge in [0.1, 0.15) is 11.6 Å². The van der Waals surface area contributed by atoms with E-state index in [2.05, 4.69) is 69.4 Å². The number of carbonyl (C=O) groups is 1. The molecule has 8 nitrogen and oxygen atoms in total. The monoisotopic (exact) mass is 465 g/mol. The van der Waals surface area contributed by atoms with Crippen LogP contribution < -0.4 is 10.2 Å². The SMILES string of the molecule is Cc1ccc(C)c(-n2c(C)nnc2SCC(=O)NCc2cccnc2N2CCN(C)CC2)c1. The van der Waals surface area contributed by atoms with Gasteiger partial charge in [0.15, 0.2) is 5.16 Å². The van der Waals surface area contributed by atoms with Crippen LogP contribution in [0.3, 0.4) is 0 Å². The summed E-state index contributed by atoms with van der Waals surface area (Å²) in [5.74, 6) is 2.00. The summed E-state index contributed by atoms with van der Waals surface area (Å²) >= 11 is 1.40. The van der Waals surface area contributed by atoms with Crippen molar-refractivity contribution in [3.8, 4) is 5.69 Å². The van der Waals surface area contributed by atoms with Crippen LogP contribution in [0.5, 0.6) is 0 Å². The highest BCUT2D eigenvalue weighted by molar-refractivity contribution is 7.99. The number of benzene rings is 1. The van der Waals surface area contributed by atoms with Crippen molar-refractivity contribution in [2.45, 2.75) is 32.5 Å². The second-order valence-electron chi connectivity index (χ2n) is 8.50. The number of hydrogen-bond acceptors (Lipinski definition) is 7. The number of likely N-dealkylation sites (N-methyl/N-ethyl adjacent to an activating group) is 1. The maximum absolute atomic E-state index is 12.7. The summed E-state index contributed by atoms with van der Waals surface area (Å²) < 4.78 is 2.02. The van der Waals surface area contributed by atoms with Crippen molar-refractivity contribution >= 4 is 23.5 Å². The maximum Gasteiger partial charge on any atom is 0.230 e. The summed E-state index contributed by atoms with van der Waals surface area (Å²) in [5, 5.41) is 12.3. The van der Waals surface area contributed by atoms with E-state index in [4.69, 9.17) is 0 Å². The van der Waals surface area contributed by atoms with Crippen molar-refractivity contribution in [3.63, 3.8) is 0 Å². The molecule has 0 aliphatic carbocycles. The van der Waals surface area contributed by atoms with Crippen molar-refractivity contribution in [3.05, 3.63) is 59.0 Å². The van der Waals surface area contributed by atoms with E-state index < -0.39 is 0 Å². The first-order valence-corrected chi connectivity index (χ1v) is 12.2. The molecular formula is C24H31N7OS. The molecule has 0 bridgehead atoms. The average Bonchev–Trinajstić information content (AvgIpc) is 3.18. The molecule has 0 spiro atoms. The molecule has 3 heterocycles. The normalized spacial score (nSPS) is 14.5. The molecule has 0 unspecified atom stereocenters. The largest absolute Gasteiger partial charge is 0.354 e. The topological polar surface area (TPSA) is 79.2 Å². The van der Waals surface area contributed by atoms with E-state index >= 15 is 0 Å². The van der Waals surface area contributed by atoms with E-state index in [9.17, 15) is 4.79 Å². The van der Waals surface area contributed by atoms with Gasteiger partial charge in [-0.3, -0.25) is 9.36 Å². The van der Waals surface area contributed by atoms with Crippen LogP contribution in [0.2, 0.25) is 0 Å². The quantitative estimate of drug-likeness (QED) is 0.538. The van der Waals surface area contributed by atoms with Crippen LogP contribution >= 0.6 is 11.8 Å². The Hall–Kier alpha value is -2.91. The van der Waals surface area contributed by atoms with E-state index in [1.165, 1.54) is 17.3 Å². The minimum absolute atomic E-state index is 0.0404. The molecule has 0 saturated carbocycles. The number of piperazine rings is 1. The highest BCUT2D eigenvalue weighted by Gasteiger charge is 2.19. The number of hydrogen-bond donors (Lipinski definition) is 1. The standard InChI is InChI=1S/C24H31N7OS/c1-17-7-8-18(2)21(14-17)31-19(3)27-28-24(31)33-16-22(32)26-15-20-6-5-9-25-23(20)30-12-10-29(4)11-13-30/h5-9,14H,10-13,15-16H2,1-4H3,(H,26,32). The molecule has 0 radical (unpaired) electrons. The second-order valence-corrected chi connectivity index (χ2v) is 9.44. The third kappa shape index (κ3) is 5.54. The first-order chi connectivity index (χ1) is 15.9. The van der Waals surface area contributed by atoms with Crippen LogP contribution in [0.15, 0.2) is 41.7 Å². The molecule has 1 aliphatic rings. The summed E-state index contributed by atoms with van der Waals surface area (Å²) in [6.07, 6.45) is 1.82. The van der Waals surface area contributed by atoms with E-state index in [1.54, 1.807) is 0 Å². The van der Waals surface area contributed by atoms with Gasteiger partial charge in [-0.2, -0.15) is 0 Å². The molecular weight excluding hydrogens is 434 g/mol. The van der Waals surface area contributed by atoms with Gasteiger partial charge in [0.05, 0.1) is 11.4 Å². The first-order valence-electron chi connectivity index (χ1n) is 11.2. The molecule has 1 saturated heterocycles. The minimum Gasteiger partial charge on any atom is -0.354 e. The van der Waals surface area contributed by atoms with Gasteiger partial charge in [-0.05, 0) is 51.1 Å². The number of anilines is 1. The smallest absolute Gasteiger partial charge is 0.230 e. The maximum atomic E-state index is 12.7. The van der Waals surface area contributed by atoms with Crippen molar-refractivity contribution in [2.24, 2.45) is 0 Å². The number of pyridine rings is 1. The number of nitrogens with one attached hydrogen (secondary N) is 1. The lowest BCUT2D eigenvalue weighted by Crippen LogP contribution is -2.45. The van der Waals surface area contributed by atoms with Crippen molar-refractivity contribution in [2.75, 3.05) is 43.9 Å². The Bertz CT molecular complexity index is 1120. The van der Waals surface area contributed by atoms with Crippen molar-refractivity contribution in [1.82, 2.24) is 30.0 Å². The fourth-order valence-electron chi connectivity index (χ4n) is 3.92. The molecule has 9 heteroatoms. The Morgan fingerprint density at radius 2 is 1.88 bits per heavy atom. The zero-order valence-electron chi connectivity index (χ0n) is 19.7. The minimum atomic E-state index is -0.0404. The van der Waals surface area contributed by atoms with Gasteiger partial charge in [0.2, 0.25) is 5.91 Å². The Morgan fingerprint density at radius 3 is 2.67 bits per heavy atom. The predicted molar refractivity (Wildman–Crippen MR) is 132 cm³/mol. The Morgan fingerprint density at radius 1 is 1.09 bits per heavy atom. The number of amides is 1. The molecule has 174 valence electrons. The molecule has 0 atom stereocenters. The number of aromatic nitrogens is 4. The van der Waals surface area contributed by atoms with Gasteiger partial charge >= 0.3 is 0 Å². The molecule has 1 fully saturated rings. The van der Waals surface area contributed by atoms with E-state index in [0.29, 0.717) is 6.54 Å². The third-order valence-electron chi connectivity index (χ3n) is 5.88. The summed E-state index contributed by atoms with van der Waals surface area (Å²) in [7, 11) is 2.14. The Labute approximate surface area is 199 Å². The van der Waals surface area contributed by atoms with Gasteiger partial charge in [-0.15, -0.1) is 10.2 Å². The third-order valence-corrected chi connectivity index (χ3v) is 6.81. The van der Waals surface area contributed by atoms with Gasteiger partial charge in [-0.25, -0.2) is 4.98 Å². The zero-order valence-corrected chi connectivity index (χ0v) is 20.5. The van der Waals surface area contributed by atoms with E-state index in [0.717, 1.165) is 59.8 Å². The lowest BCUT2D eigenvalue weighted by atomic mass is 10.1. The molecule has 3 aromatic rings. The lowest BCUT2D eigenvalue weighted by Gasteiger charge is -2.34. The number of rotatable bonds is 7. The van der Waals surface area contributed by atoms with Crippen LogP contribution in [-0.2, 0) is 11.3 Å². The molecule has 1 amide bonds.